The molecule has 0 bridgehead atoms. The predicted octanol–water partition coefficient (Wildman–Crippen LogP) is 2.07. The number of nitrogens with zero attached hydrogens (tertiary/aromatic N) is 5. The minimum Gasteiger partial charge on any atom is -0.306 e. The molecule has 3 rings (SSSR count). The van der Waals surface area contributed by atoms with Crippen LogP contribution >= 0.6 is 0 Å². The summed E-state index contributed by atoms with van der Waals surface area (Å²) in [5, 5.41) is 21.7. The molecular formula is C15H14N6O3. The van der Waals surface area contributed by atoms with E-state index >= 15 is 0 Å². The van der Waals surface area contributed by atoms with Gasteiger partial charge in [-0.3, -0.25) is 19.6 Å². The fourth-order valence-electron chi connectivity index (χ4n) is 2.22. The summed E-state index contributed by atoms with van der Waals surface area (Å²) in [5.74, 6) is 0.154. The van der Waals surface area contributed by atoms with Crippen molar-refractivity contribution in [3.05, 3.63) is 64.1 Å². The molecule has 9 nitrogen and oxygen atoms in total. The molecule has 0 atom stereocenters. The van der Waals surface area contributed by atoms with Crippen molar-refractivity contribution in [1.29, 1.82) is 0 Å². The molecule has 0 fully saturated rings. The van der Waals surface area contributed by atoms with Gasteiger partial charge in [0.1, 0.15) is 5.82 Å². The normalized spacial score (nSPS) is 10.6. The minimum absolute atomic E-state index is 0.0116. The summed E-state index contributed by atoms with van der Waals surface area (Å²) >= 11 is 0. The Labute approximate surface area is 136 Å². The zero-order valence-electron chi connectivity index (χ0n) is 13.0. The third kappa shape index (κ3) is 2.74. The lowest BCUT2D eigenvalue weighted by Crippen LogP contribution is -2.16. The Hall–Kier alpha value is -3.49. The minimum atomic E-state index is -0.471. The molecule has 122 valence electrons. The van der Waals surface area contributed by atoms with Gasteiger partial charge >= 0.3 is 0 Å². The van der Waals surface area contributed by atoms with E-state index in [2.05, 4.69) is 15.5 Å². The number of anilines is 1. The summed E-state index contributed by atoms with van der Waals surface area (Å²) in [4.78, 5) is 22.6. The van der Waals surface area contributed by atoms with E-state index in [0.717, 1.165) is 5.69 Å². The van der Waals surface area contributed by atoms with Crippen LogP contribution in [-0.2, 0) is 7.05 Å². The first-order chi connectivity index (χ1) is 11.5. The zero-order valence-corrected chi connectivity index (χ0v) is 13.0. The van der Waals surface area contributed by atoms with E-state index in [4.69, 9.17) is 0 Å². The molecule has 0 spiro atoms. The van der Waals surface area contributed by atoms with Gasteiger partial charge in [-0.15, -0.1) is 0 Å². The Balaban J connectivity index is 1.86. The lowest BCUT2D eigenvalue weighted by molar-refractivity contribution is -0.384. The maximum Gasteiger partial charge on any atom is 0.269 e. The highest BCUT2D eigenvalue weighted by atomic mass is 16.6. The van der Waals surface area contributed by atoms with E-state index in [9.17, 15) is 14.9 Å². The van der Waals surface area contributed by atoms with E-state index in [0.29, 0.717) is 17.1 Å². The van der Waals surface area contributed by atoms with Crippen molar-refractivity contribution in [3.63, 3.8) is 0 Å². The van der Waals surface area contributed by atoms with Crippen LogP contribution in [0.25, 0.3) is 5.69 Å². The second-order valence-corrected chi connectivity index (χ2v) is 5.12. The van der Waals surface area contributed by atoms with E-state index in [1.165, 1.54) is 29.2 Å². The van der Waals surface area contributed by atoms with Gasteiger partial charge in [0.15, 0.2) is 0 Å². The highest BCUT2D eigenvalue weighted by Crippen LogP contribution is 2.19. The van der Waals surface area contributed by atoms with Gasteiger partial charge < -0.3 is 5.32 Å². The molecule has 9 heteroatoms. The standard InChI is InChI=1S/C15H14N6O3/c1-10-13(9-17-19(10)2)15(22)18-14-7-8-16-20(14)11-3-5-12(6-4-11)21(23)24/h3-9H,1-2H3,(H,18,22). The summed E-state index contributed by atoms with van der Waals surface area (Å²) in [6, 6.07) is 7.54. The first-order valence-electron chi connectivity index (χ1n) is 7.06. The average Bonchev–Trinajstić information content (AvgIpc) is 3.15. The molecule has 0 unspecified atom stereocenters. The van der Waals surface area contributed by atoms with Crippen LogP contribution in [0.5, 0.6) is 0 Å². The molecule has 0 saturated carbocycles. The van der Waals surface area contributed by atoms with Crippen molar-refractivity contribution in [2.45, 2.75) is 6.92 Å². The van der Waals surface area contributed by atoms with Gasteiger partial charge in [-0.1, -0.05) is 0 Å². The Bertz CT molecular complexity index is 910. The van der Waals surface area contributed by atoms with Crippen LogP contribution in [0.1, 0.15) is 16.1 Å². The number of nitrogens with one attached hydrogen (secondary N) is 1. The van der Waals surface area contributed by atoms with Crippen LogP contribution < -0.4 is 5.32 Å². The number of aromatic nitrogens is 4. The van der Waals surface area contributed by atoms with E-state index in [1.807, 2.05) is 0 Å². The molecular weight excluding hydrogens is 312 g/mol. The van der Waals surface area contributed by atoms with Gasteiger partial charge in [0.05, 0.1) is 28.6 Å². The van der Waals surface area contributed by atoms with E-state index < -0.39 is 4.92 Å². The number of rotatable bonds is 4. The molecule has 0 aliphatic heterocycles. The fraction of sp³-hybridized carbons (Fsp3) is 0.133. The van der Waals surface area contributed by atoms with Gasteiger partial charge in [-0.25, -0.2) is 4.68 Å². The molecule has 0 aliphatic rings. The molecule has 1 aromatic carbocycles. The van der Waals surface area contributed by atoms with Crippen molar-refractivity contribution in [2.75, 3.05) is 5.32 Å². The third-order valence-electron chi connectivity index (χ3n) is 3.67. The molecule has 2 aromatic heterocycles. The Morgan fingerprint density at radius 3 is 2.50 bits per heavy atom. The monoisotopic (exact) mass is 326 g/mol. The largest absolute Gasteiger partial charge is 0.306 e. The first-order valence-corrected chi connectivity index (χ1v) is 7.06. The predicted molar refractivity (Wildman–Crippen MR) is 86.1 cm³/mol. The maximum absolute atomic E-state index is 12.4. The number of nitro groups is 1. The number of aryl methyl sites for hydroxylation is 1. The third-order valence-corrected chi connectivity index (χ3v) is 3.67. The zero-order chi connectivity index (χ0) is 17.3. The number of carbonyl (C=O) groups excluding carboxylic acids is 1. The van der Waals surface area contributed by atoms with Crippen LogP contribution in [0, 0.1) is 17.0 Å². The average molecular weight is 326 g/mol. The number of hydrogen-bond donors (Lipinski definition) is 1. The molecule has 0 saturated heterocycles. The lowest BCUT2D eigenvalue weighted by Gasteiger charge is -2.08. The van der Waals surface area contributed by atoms with Crippen molar-refractivity contribution < 1.29 is 9.72 Å². The number of hydrogen-bond acceptors (Lipinski definition) is 5. The Morgan fingerprint density at radius 1 is 1.21 bits per heavy atom. The first kappa shape index (κ1) is 15.4. The smallest absolute Gasteiger partial charge is 0.269 e. The SMILES string of the molecule is Cc1c(C(=O)Nc2ccnn2-c2ccc([N+](=O)[O-])cc2)cnn1C. The van der Waals surface area contributed by atoms with E-state index in [-0.39, 0.29) is 11.6 Å². The van der Waals surface area contributed by atoms with Crippen LogP contribution in [0.15, 0.2) is 42.7 Å². The van der Waals surface area contributed by atoms with E-state index in [1.54, 1.807) is 36.9 Å². The van der Waals surface area contributed by atoms with Gasteiger partial charge in [0.25, 0.3) is 11.6 Å². The Kier molecular flexibility index (Phi) is 3.82. The Morgan fingerprint density at radius 2 is 1.92 bits per heavy atom. The summed E-state index contributed by atoms with van der Waals surface area (Å²) in [5.41, 5.74) is 1.80. The van der Waals surface area contributed by atoms with Crippen molar-refractivity contribution in [3.8, 4) is 5.69 Å². The second-order valence-electron chi connectivity index (χ2n) is 5.12. The van der Waals surface area contributed by atoms with Gasteiger partial charge in [0, 0.05) is 30.9 Å². The lowest BCUT2D eigenvalue weighted by atomic mass is 10.2. The number of carbonyl (C=O) groups is 1. The topological polar surface area (TPSA) is 108 Å². The molecule has 1 N–H and O–H groups in total. The quantitative estimate of drug-likeness (QED) is 0.583. The fourth-order valence-corrected chi connectivity index (χ4v) is 2.22. The van der Waals surface area contributed by atoms with Crippen molar-refractivity contribution >= 4 is 17.4 Å². The molecule has 24 heavy (non-hydrogen) atoms. The van der Waals surface area contributed by atoms with Crippen molar-refractivity contribution in [1.82, 2.24) is 19.6 Å². The highest BCUT2D eigenvalue weighted by Gasteiger charge is 2.15. The molecule has 3 aromatic rings. The second kappa shape index (κ2) is 5.95. The highest BCUT2D eigenvalue weighted by molar-refractivity contribution is 6.04. The summed E-state index contributed by atoms with van der Waals surface area (Å²) in [7, 11) is 1.76. The summed E-state index contributed by atoms with van der Waals surface area (Å²) in [6.07, 6.45) is 3.03. The van der Waals surface area contributed by atoms with Gasteiger partial charge in [-0.05, 0) is 19.1 Å². The van der Waals surface area contributed by atoms with Crippen LogP contribution in [0.4, 0.5) is 11.5 Å². The molecule has 2 heterocycles. The van der Waals surface area contributed by atoms with Crippen LogP contribution in [0.2, 0.25) is 0 Å². The molecule has 1 amide bonds. The van der Waals surface area contributed by atoms with Crippen LogP contribution in [0.3, 0.4) is 0 Å². The maximum atomic E-state index is 12.4. The number of non-ortho nitro benzene ring substituents is 1. The summed E-state index contributed by atoms with van der Waals surface area (Å²) in [6.45, 7) is 1.80. The van der Waals surface area contributed by atoms with Crippen LogP contribution in [-0.4, -0.2) is 30.4 Å². The number of benzene rings is 1. The number of nitro benzene ring substituents is 1. The van der Waals surface area contributed by atoms with Crippen molar-refractivity contribution in [2.24, 2.45) is 7.05 Å². The van der Waals surface area contributed by atoms with Gasteiger partial charge in [0.2, 0.25) is 0 Å². The number of amides is 1. The van der Waals surface area contributed by atoms with Gasteiger partial charge in [-0.2, -0.15) is 10.2 Å². The summed E-state index contributed by atoms with van der Waals surface area (Å²) < 4.78 is 3.11. The molecule has 0 aliphatic carbocycles. The molecule has 0 radical (unpaired) electrons.